The van der Waals surface area contributed by atoms with Gasteiger partial charge in [-0.1, -0.05) is 6.92 Å². The highest BCUT2D eigenvalue weighted by atomic mass is 19.4. The maximum atomic E-state index is 12.4. The standard InChI is InChI=1S/C12H23F3N2/c1-3-6-17(9-12(13,14)15)8-11-4-5-16-10(2)7-11/h10-11,16H,3-9H2,1-2H3. The van der Waals surface area contributed by atoms with Crippen molar-refractivity contribution in [3.05, 3.63) is 0 Å². The summed E-state index contributed by atoms with van der Waals surface area (Å²) in [5, 5.41) is 3.32. The third-order valence-electron chi connectivity index (χ3n) is 3.19. The molecule has 1 fully saturated rings. The van der Waals surface area contributed by atoms with E-state index in [2.05, 4.69) is 12.2 Å². The van der Waals surface area contributed by atoms with E-state index in [0.717, 1.165) is 25.8 Å². The molecule has 0 aromatic carbocycles. The van der Waals surface area contributed by atoms with E-state index in [0.29, 0.717) is 25.0 Å². The molecule has 0 saturated carbocycles. The number of piperidine rings is 1. The van der Waals surface area contributed by atoms with Crippen molar-refractivity contribution in [1.82, 2.24) is 10.2 Å². The van der Waals surface area contributed by atoms with Crippen LogP contribution in [-0.2, 0) is 0 Å². The second-order valence-corrected chi connectivity index (χ2v) is 5.10. The predicted octanol–water partition coefficient (Wildman–Crippen LogP) is 2.65. The largest absolute Gasteiger partial charge is 0.401 e. The number of rotatable bonds is 5. The Morgan fingerprint density at radius 3 is 2.59 bits per heavy atom. The third kappa shape index (κ3) is 6.27. The van der Waals surface area contributed by atoms with Gasteiger partial charge in [0.05, 0.1) is 6.54 Å². The molecule has 2 atom stereocenters. The average molecular weight is 252 g/mol. The van der Waals surface area contributed by atoms with Crippen LogP contribution in [0.2, 0.25) is 0 Å². The smallest absolute Gasteiger partial charge is 0.314 e. The van der Waals surface area contributed by atoms with E-state index in [4.69, 9.17) is 0 Å². The number of nitrogens with one attached hydrogen (secondary N) is 1. The molecule has 0 spiro atoms. The Balaban J connectivity index is 2.42. The Kier molecular flexibility index (Phi) is 5.73. The fourth-order valence-corrected chi connectivity index (χ4v) is 2.57. The summed E-state index contributed by atoms with van der Waals surface area (Å²) in [4.78, 5) is 1.56. The Morgan fingerprint density at radius 2 is 2.06 bits per heavy atom. The topological polar surface area (TPSA) is 15.3 Å². The van der Waals surface area contributed by atoms with Crippen LogP contribution in [0.1, 0.15) is 33.1 Å². The zero-order chi connectivity index (χ0) is 12.9. The summed E-state index contributed by atoms with van der Waals surface area (Å²) in [5.41, 5.74) is 0. The van der Waals surface area contributed by atoms with Gasteiger partial charge in [-0.05, 0) is 45.2 Å². The van der Waals surface area contributed by atoms with E-state index in [9.17, 15) is 13.2 Å². The van der Waals surface area contributed by atoms with E-state index in [1.807, 2.05) is 6.92 Å². The molecule has 0 aromatic heterocycles. The lowest BCUT2D eigenvalue weighted by atomic mass is 9.92. The van der Waals surface area contributed by atoms with Crippen LogP contribution in [0, 0.1) is 5.92 Å². The van der Waals surface area contributed by atoms with Crippen molar-refractivity contribution in [2.75, 3.05) is 26.2 Å². The second kappa shape index (κ2) is 6.59. The van der Waals surface area contributed by atoms with Crippen molar-refractivity contribution < 1.29 is 13.2 Å². The quantitative estimate of drug-likeness (QED) is 0.809. The normalized spacial score (nSPS) is 26.5. The summed E-state index contributed by atoms with van der Waals surface area (Å²) in [6.45, 7) is 5.31. The molecule has 1 aliphatic rings. The molecule has 1 saturated heterocycles. The molecular formula is C12H23F3N2. The van der Waals surface area contributed by atoms with E-state index >= 15 is 0 Å². The molecule has 0 amide bonds. The first-order valence-corrected chi connectivity index (χ1v) is 6.43. The Labute approximate surface area is 102 Å². The predicted molar refractivity (Wildman–Crippen MR) is 63.0 cm³/mol. The third-order valence-corrected chi connectivity index (χ3v) is 3.19. The molecule has 1 heterocycles. The monoisotopic (exact) mass is 252 g/mol. The van der Waals surface area contributed by atoms with E-state index in [-0.39, 0.29) is 0 Å². The van der Waals surface area contributed by atoms with Crippen LogP contribution in [0.15, 0.2) is 0 Å². The number of alkyl halides is 3. The first kappa shape index (κ1) is 14.8. The van der Waals surface area contributed by atoms with Crippen molar-refractivity contribution in [2.45, 2.75) is 45.3 Å². The van der Waals surface area contributed by atoms with Gasteiger partial charge in [0.2, 0.25) is 0 Å². The van der Waals surface area contributed by atoms with Gasteiger partial charge in [-0.3, -0.25) is 4.90 Å². The molecule has 0 aromatic rings. The number of hydrogen-bond donors (Lipinski definition) is 1. The Bertz CT molecular complexity index is 218. The minimum atomic E-state index is -4.08. The Hall–Kier alpha value is -0.290. The SMILES string of the molecule is CCCN(CC1CCNC(C)C1)CC(F)(F)F. The van der Waals surface area contributed by atoms with Gasteiger partial charge in [-0.25, -0.2) is 0 Å². The van der Waals surface area contributed by atoms with Crippen LogP contribution < -0.4 is 5.32 Å². The first-order valence-electron chi connectivity index (χ1n) is 6.43. The van der Waals surface area contributed by atoms with Gasteiger partial charge in [0.1, 0.15) is 0 Å². The van der Waals surface area contributed by atoms with Gasteiger partial charge in [0.25, 0.3) is 0 Å². The highest BCUT2D eigenvalue weighted by Gasteiger charge is 2.31. The van der Waals surface area contributed by atoms with Crippen molar-refractivity contribution in [1.29, 1.82) is 0 Å². The Morgan fingerprint density at radius 1 is 1.35 bits per heavy atom. The maximum absolute atomic E-state index is 12.4. The summed E-state index contributed by atoms with van der Waals surface area (Å²) >= 11 is 0. The maximum Gasteiger partial charge on any atom is 0.401 e. The van der Waals surface area contributed by atoms with Gasteiger partial charge in [0.15, 0.2) is 0 Å². The summed E-state index contributed by atoms with van der Waals surface area (Å²) in [5.74, 6) is 0.403. The number of hydrogen-bond acceptors (Lipinski definition) is 2. The fourth-order valence-electron chi connectivity index (χ4n) is 2.57. The minimum absolute atomic E-state index is 0.403. The van der Waals surface area contributed by atoms with Crippen molar-refractivity contribution in [2.24, 2.45) is 5.92 Å². The summed E-state index contributed by atoms with van der Waals surface area (Å²) < 4.78 is 37.2. The lowest BCUT2D eigenvalue weighted by Crippen LogP contribution is -2.43. The van der Waals surface area contributed by atoms with Crippen LogP contribution in [0.25, 0.3) is 0 Å². The highest BCUT2D eigenvalue weighted by Crippen LogP contribution is 2.21. The first-order chi connectivity index (χ1) is 7.90. The van der Waals surface area contributed by atoms with Crippen LogP contribution in [0.4, 0.5) is 13.2 Å². The molecule has 102 valence electrons. The van der Waals surface area contributed by atoms with Crippen molar-refractivity contribution in [3.8, 4) is 0 Å². The zero-order valence-corrected chi connectivity index (χ0v) is 10.7. The van der Waals surface area contributed by atoms with Gasteiger partial charge in [-0.15, -0.1) is 0 Å². The van der Waals surface area contributed by atoms with Crippen molar-refractivity contribution in [3.63, 3.8) is 0 Å². The van der Waals surface area contributed by atoms with Crippen LogP contribution in [-0.4, -0.2) is 43.3 Å². The molecular weight excluding hydrogens is 229 g/mol. The average Bonchev–Trinajstić information content (AvgIpc) is 2.15. The molecule has 1 N–H and O–H groups in total. The van der Waals surface area contributed by atoms with Gasteiger partial charge in [0, 0.05) is 12.6 Å². The van der Waals surface area contributed by atoms with Crippen LogP contribution in [0.5, 0.6) is 0 Å². The molecule has 2 unspecified atom stereocenters. The molecule has 2 nitrogen and oxygen atoms in total. The molecule has 17 heavy (non-hydrogen) atoms. The molecule has 0 aliphatic carbocycles. The van der Waals surface area contributed by atoms with Crippen LogP contribution in [0.3, 0.4) is 0 Å². The van der Waals surface area contributed by atoms with Crippen LogP contribution >= 0.6 is 0 Å². The fraction of sp³-hybridized carbons (Fsp3) is 1.00. The molecule has 1 rings (SSSR count). The zero-order valence-electron chi connectivity index (χ0n) is 10.7. The number of halogens is 3. The van der Waals surface area contributed by atoms with Crippen molar-refractivity contribution >= 4 is 0 Å². The van der Waals surface area contributed by atoms with E-state index in [1.54, 1.807) is 4.90 Å². The summed E-state index contributed by atoms with van der Waals surface area (Å²) in [6, 6.07) is 0.433. The van der Waals surface area contributed by atoms with Gasteiger partial charge < -0.3 is 5.32 Å². The summed E-state index contributed by atoms with van der Waals surface area (Å²) in [7, 11) is 0. The highest BCUT2D eigenvalue weighted by molar-refractivity contribution is 4.78. The second-order valence-electron chi connectivity index (χ2n) is 5.10. The number of nitrogens with zero attached hydrogens (tertiary/aromatic N) is 1. The molecule has 0 bridgehead atoms. The minimum Gasteiger partial charge on any atom is -0.314 e. The molecule has 1 aliphatic heterocycles. The van der Waals surface area contributed by atoms with E-state index in [1.165, 1.54) is 0 Å². The molecule has 0 radical (unpaired) electrons. The molecule has 5 heteroatoms. The lowest BCUT2D eigenvalue weighted by Gasteiger charge is -2.33. The van der Waals surface area contributed by atoms with Gasteiger partial charge in [-0.2, -0.15) is 13.2 Å². The van der Waals surface area contributed by atoms with Gasteiger partial charge >= 0.3 is 6.18 Å². The lowest BCUT2D eigenvalue weighted by molar-refractivity contribution is -0.147. The van der Waals surface area contributed by atoms with E-state index < -0.39 is 12.7 Å². The summed E-state index contributed by atoms with van der Waals surface area (Å²) in [6.07, 6.45) is -1.33.